The number of carbonyl (C=O) groups excluding carboxylic acids is 1. The first-order chi connectivity index (χ1) is 13.3. The van der Waals surface area contributed by atoms with Crippen LogP contribution < -0.4 is 15.4 Å². The van der Waals surface area contributed by atoms with Crippen LogP contribution in [0, 0.1) is 0 Å². The third-order valence-electron chi connectivity index (χ3n) is 4.95. The van der Waals surface area contributed by atoms with Gasteiger partial charge in [-0.3, -0.25) is 4.79 Å². The highest BCUT2D eigenvalue weighted by Gasteiger charge is 2.05. The van der Waals surface area contributed by atoms with Crippen LogP contribution in [-0.4, -0.2) is 25.6 Å². The Morgan fingerprint density at radius 3 is 2.63 bits per heavy atom. The van der Waals surface area contributed by atoms with Crippen LogP contribution in [0.15, 0.2) is 35.9 Å². The highest BCUT2D eigenvalue weighted by molar-refractivity contribution is 5.92. The lowest BCUT2D eigenvalue weighted by atomic mass is 9.97. The molecule has 0 radical (unpaired) electrons. The molecule has 0 aliphatic heterocycles. The summed E-state index contributed by atoms with van der Waals surface area (Å²) in [5.41, 5.74) is 2.35. The van der Waals surface area contributed by atoms with Crippen molar-refractivity contribution in [3.8, 4) is 5.75 Å². The van der Waals surface area contributed by atoms with E-state index in [1.807, 2.05) is 24.3 Å². The minimum atomic E-state index is -0.00258. The Labute approximate surface area is 164 Å². The van der Waals surface area contributed by atoms with Crippen molar-refractivity contribution < 1.29 is 9.53 Å². The molecule has 150 valence electrons. The van der Waals surface area contributed by atoms with Gasteiger partial charge >= 0.3 is 0 Å². The summed E-state index contributed by atoms with van der Waals surface area (Å²) in [5, 5.41) is 6.16. The Hall–Kier alpha value is -1.81. The summed E-state index contributed by atoms with van der Waals surface area (Å²) in [6.07, 6.45) is 14.7. The lowest BCUT2D eigenvalue weighted by molar-refractivity contribution is -0.115. The fourth-order valence-electron chi connectivity index (χ4n) is 3.32. The second-order valence-electron chi connectivity index (χ2n) is 7.37. The molecule has 1 aliphatic rings. The average molecular weight is 373 g/mol. The van der Waals surface area contributed by atoms with Crippen molar-refractivity contribution in [2.45, 2.75) is 71.1 Å². The molecule has 0 spiro atoms. The maximum atomic E-state index is 12.0. The molecule has 0 atom stereocenters. The number of allylic oxidation sites excluding steroid dienone is 1. The first-order valence-corrected chi connectivity index (χ1v) is 10.7. The molecule has 0 unspecified atom stereocenters. The molecule has 1 aromatic rings. The quantitative estimate of drug-likeness (QED) is 0.357. The highest BCUT2D eigenvalue weighted by atomic mass is 16.5. The van der Waals surface area contributed by atoms with Crippen molar-refractivity contribution >= 4 is 11.6 Å². The minimum Gasteiger partial charge on any atom is -0.494 e. The molecule has 1 amide bonds. The van der Waals surface area contributed by atoms with Crippen LogP contribution in [0.5, 0.6) is 5.75 Å². The summed E-state index contributed by atoms with van der Waals surface area (Å²) in [6.45, 7) is 4.20. The molecular weight excluding hydrogens is 336 g/mol. The van der Waals surface area contributed by atoms with E-state index in [0.717, 1.165) is 37.4 Å². The monoisotopic (exact) mass is 372 g/mol. The molecule has 0 aromatic heterocycles. The lowest BCUT2D eigenvalue weighted by Crippen LogP contribution is -2.29. The highest BCUT2D eigenvalue weighted by Crippen LogP contribution is 2.19. The van der Waals surface area contributed by atoms with Crippen LogP contribution in [0.3, 0.4) is 0 Å². The minimum absolute atomic E-state index is 0.00258. The molecule has 27 heavy (non-hydrogen) atoms. The van der Waals surface area contributed by atoms with Gasteiger partial charge in [-0.05, 0) is 69.3 Å². The second kappa shape index (κ2) is 13.4. The zero-order valence-electron chi connectivity index (χ0n) is 16.9. The van der Waals surface area contributed by atoms with Crippen LogP contribution in [-0.2, 0) is 4.79 Å². The van der Waals surface area contributed by atoms with Crippen LogP contribution in [0.2, 0.25) is 0 Å². The SMILES string of the molecule is CCCCCCCOc1ccc(NC(=O)CNCCC2=CCCCC2)cc1. The van der Waals surface area contributed by atoms with Gasteiger partial charge in [-0.25, -0.2) is 0 Å². The number of rotatable bonds is 13. The molecular formula is C23H36N2O2. The number of amides is 1. The molecule has 1 aromatic carbocycles. The standard InChI is InChI=1S/C23H36N2O2/c1-2-3-4-5-9-18-27-22-14-12-21(13-15-22)25-23(26)19-24-17-16-20-10-7-6-8-11-20/h10,12-15,24H,2-9,11,16-19H2,1H3,(H,25,26). The molecule has 0 heterocycles. The number of hydrogen-bond donors (Lipinski definition) is 2. The summed E-state index contributed by atoms with van der Waals surface area (Å²) in [4.78, 5) is 12.0. The van der Waals surface area contributed by atoms with Crippen LogP contribution in [0.25, 0.3) is 0 Å². The number of unbranched alkanes of at least 4 members (excludes halogenated alkanes) is 4. The van der Waals surface area contributed by atoms with Gasteiger partial charge in [0.05, 0.1) is 13.2 Å². The van der Waals surface area contributed by atoms with Gasteiger partial charge in [0.1, 0.15) is 5.75 Å². The van der Waals surface area contributed by atoms with Gasteiger partial charge in [0.2, 0.25) is 5.91 Å². The fraction of sp³-hybridized carbons (Fsp3) is 0.609. The number of hydrogen-bond acceptors (Lipinski definition) is 3. The molecule has 0 fully saturated rings. The normalized spacial score (nSPS) is 13.9. The number of benzene rings is 1. The van der Waals surface area contributed by atoms with E-state index in [2.05, 4.69) is 23.6 Å². The van der Waals surface area contributed by atoms with E-state index >= 15 is 0 Å². The Morgan fingerprint density at radius 1 is 1.07 bits per heavy atom. The molecule has 4 nitrogen and oxygen atoms in total. The summed E-state index contributed by atoms with van der Waals surface area (Å²) in [7, 11) is 0. The lowest BCUT2D eigenvalue weighted by Gasteiger charge is -2.13. The van der Waals surface area contributed by atoms with Gasteiger partial charge in [-0.2, -0.15) is 0 Å². The van der Waals surface area contributed by atoms with Crippen molar-refractivity contribution in [2.75, 3.05) is 25.0 Å². The maximum absolute atomic E-state index is 12.0. The summed E-state index contributed by atoms with van der Waals surface area (Å²) < 4.78 is 5.75. The van der Waals surface area contributed by atoms with E-state index in [9.17, 15) is 4.79 Å². The van der Waals surface area contributed by atoms with Crippen molar-refractivity contribution in [1.82, 2.24) is 5.32 Å². The predicted molar refractivity (Wildman–Crippen MR) is 113 cm³/mol. The van der Waals surface area contributed by atoms with Crippen LogP contribution in [0.4, 0.5) is 5.69 Å². The maximum Gasteiger partial charge on any atom is 0.238 e. The largest absolute Gasteiger partial charge is 0.494 e. The van der Waals surface area contributed by atoms with Crippen LogP contribution >= 0.6 is 0 Å². The molecule has 4 heteroatoms. The van der Waals surface area contributed by atoms with Gasteiger partial charge in [0, 0.05) is 5.69 Å². The third kappa shape index (κ3) is 9.62. The van der Waals surface area contributed by atoms with Gasteiger partial charge in [-0.15, -0.1) is 0 Å². The zero-order valence-corrected chi connectivity index (χ0v) is 16.9. The Morgan fingerprint density at radius 2 is 1.89 bits per heavy atom. The summed E-state index contributed by atoms with van der Waals surface area (Å²) in [6, 6.07) is 7.64. The molecule has 1 aliphatic carbocycles. The average Bonchev–Trinajstić information content (AvgIpc) is 2.70. The van der Waals surface area contributed by atoms with Crippen molar-refractivity contribution in [1.29, 1.82) is 0 Å². The number of anilines is 1. The summed E-state index contributed by atoms with van der Waals surface area (Å²) in [5.74, 6) is 0.861. The molecule has 2 N–H and O–H groups in total. The van der Waals surface area contributed by atoms with E-state index < -0.39 is 0 Å². The first kappa shape index (κ1) is 21.5. The van der Waals surface area contributed by atoms with Gasteiger partial charge in [0.25, 0.3) is 0 Å². The third-order valence-corrected chi connectivity index (χ3v) is 4.95. The zero-order chi connectivity index (χ0) is 19.2. The predicted octanol–water partition coefficient (Wildman–Crippen LogP) is 5.45. The second-order valence-corrected chi connectivity index (χ2v) is 7.37. The summed E-state index contributed by atoms with van der Waals surface area (Å²) >= 11 is 0. The number of ether oxygens (including phenoxy) is 1. The van der Waals surface area contributed by atoms with E-state index in [1.54, 1.807) is 0 Å². The number of nitrogens with one attached hydrogen (secondary N) is 2. The van der Waals surface area contributed by atoms with Crippen LogP contribution in [0.1, 0.15) is 71.1 Å². The Bertz CT molecular complexity index is 566. The smallest absolute Gasteiger partial charge is 0.238 e. The van der Waals surface area contributed by atoms with Gasteiger partial charge in [-0.1, -0.05) is 44.3 Å². The van der Waals surface area contributed by atoms with Gasteiger partial charge < -0.3 is 15.4 Å². The molecule has 0 bridgehead atoms. The van der Waals surface area contributed by atoms with Crippen molar-refractivity contribution in [3.05, 3.63) is 35.9 Å². The molecule has 0 saturated carbocycles. The topological polar surface area (TPSA) is 50.4 Å². The van der Waals surface area contributed by atoms with Crippen molar-refractivity contribution in [3.63, 3.8) is 0 Å². The van der Waals surface area contributed by atoms with E-state index in [0.29, 0.717) is 6.54 Å². The fourth-order valence-corrected chi connectivity index (χ4v) is 3.32. The molecule has 2 rings (SSSR count). The van der Waals surface area contributed by atoms with Gasteiger partial charge in [0.15, 0.2) is 0 Å². The van der Waals surface area contributed by atoms with E-state index in [4.69, 9.17) is 4.74 Å². The van der Waals surface area contributed by atoms with Crippen molar-refractivity contribution in [2.24, 2.45) is 0 Å². The molecule has 0 saturated heterocycles. The first-order valence-electron chi connectivity index (χ1n) is 10.7. The number of carbonyl (C=O) groups is 1. The van der Waals surface area contributed by atoms with E-state index in [1.165, 1.54) is 56.9 Å². The Kier molecular flexibility index (Phi) is 10.6. The van der Waals surface area contributed by atoms with E-state index in [-0.39, 0.29) is 5.91 Å². The Balaban J connectivity index is 1.56.